The summed E-state index contributed by atoms with van der Waals surface area (Å²) in [6, 6.07) is 15.5. The highest BCUT2D eigenvalue weighted by Crippen LogP contribution is 2.52. The van der Waals surface area contributed by atoms with E-state index < -0.39 is 0 Å². The molecular weight excluding hydrogens is 359 g/mol. The maximum Gasteiger partial charge on any atom is 0.226 e. The second-order valence-electron chi connectivity index (χ2n) is 7.46. The molecule has 0 radical (unpaired) electrons. The molecular formula is C22H25FN2OS. The molecule has 142 valence electrons. The Labute approximate surface area is 164 Å². The number of likely N-dealkylation sites (tertiary alicyclic amines) is 1. The minimum Gasteiger partial charge on any atom is -0.341 e. The minimum absolute atomic E-state index is 0.0113. The molecule has 1 N–H and O–H groups in total. The number of hydrogen-bond acceptors (Lipinski definition) is 3. The molecule has 2 aromatic rings. The van der Waals surface area contributed by atoms with Gasteiger partial charge in [-0.15, -0.1) is 0 Å². The van der Waals surface area contributed by atoms with Crippen LogP contribution in [-0.2, 0) is 4.79 Å². The first-order valence-corrected chi connectivity index (χ1v) is 10.8. The normalized spacial score (nSPS) is 24.7. The third kappa shape index (κ3) is 3.90. The van der Waals surface area contributed by atoms with Crippen LogP contribution in [0, 0.1) is 11.7 Å². The van der Waals surface area contributed by atoms with Crippen molar-refractivity contribution in [3.8, 4) is 11.1 Å². The van der Waals surface area contributed by atoms with Crippen LogP contribution < -0.4 is 4.72 Å². The van der Waals surface area contributed by atoms with Gasteiger partial charge in [0.2, 0.25) is 5.91 Å². The van der Waals surface area contributed by atoms with Gasteiger partial charge in [0.25, 0.3) is 0 Å². The van der Waals surface area contributed by atoms with Crippen molar-refractivity contribution < 1.29 is 9.18 Å². The molecule has 1 aliphatic carbocycles. The number of halogens is 1. The lowest BCUT2D eigenvalue weighted by Crippen LogP contribution is -2.47. The maximum absolute atomic E-state index is 14.7. The Kier molecular flexibility index (Phi) is 5.50. The highest BCUT2D eigenvalue weighted by Gasteiger charge is 2.48. The Balaban J connectivity index is 1.53. The zero-order valence-electron chi connectivity index (χ0n) is 15.5. The minimum atomic E-state index is -0.197. The van der Waals surface area contributed by atoms with Crippen LogP contribution in [0.1, 0.15) is 30.7 Å². The summed E-state index contributed by atoms with van der Waals surface area (Å²) in [4.78, 5) is 15.0. The molecule has 2 fully saturated rings. The van der Waals surface area contributed by atoms with Crippen LogP contribution in [0.25, 0.3) is 11.1 Å². The molecule has 1 amide bonds. The summed E-state index contributed by atoms with van der Waals surface area (Å²) in [6.45, 7) is 1.57. The van der Waals surface area contributed by atoms with Crippen molar-refractivity contribution in [1.82, 2.24) is 9.62 Å². The van der Waals surface area contributed by atoms with Gasteiger partial charge in [-0.2, -0.15) is 0 Å². The van der Waals surface area contributed by atoms with Gasteiger partial charge in [0.15, 0.2) is 0 Å². The van der Waals surface area contributed by atoms with Gasteiger partial charge in [0, 0.05) is 25.0 Å². The maximum atomic E-state index is 14.7. The number of amides is 1. The molecule has 0 spiro atoms. The topological polar surface area (TPSA) is 32.3 Å². The molecule has 1 heterocycles. The summed E-state index contributed by atoms with van der Waals surface area (Å²) < 4.78 is 18.1. The van der Waals surface area contributed by atoms with E-state index in [1.54, 1.807) is 18.0 Å². The number of hydrogen-bond donors (Lipinski definition) is 1. The van der Waals surface area contributed by atoms with E-state index in [1.165, 1.54) is 6.07 Å². The quantitative estimate of drug-likeness (QED) is 0.773. The van der Waals surface area contributed by atoms with Crippen LogP contribution in [0.4, 0.5) is 4.39 Å². The second-order valence-corrected chi connectivity index (χ2v) is 8.11. The number of benzene rings is 2. The molecule has 27 heavy (non-hydrogen) atoms. The fraction of sp³-hybridized carbons (Fsp3) is 0.409. The number of carbonyl (C=O) groups excluding carboxylic acids is 1. The van der Waals surface area contributed by atoms with Crippen LogP contribution in [-0.4, -0.2) is 36.2 Å². The van der Waals surface area contributed by atoms with Crippen LogP contribution in [0.2, 0.25) is 0 Å². The third-order valence-corrected chi connectivity index (χ3v) is 6.20. The summed E-state index contributed by atoms with van der Waals surface area (Å²) in [5.41, 5.74) is 2.63. The molecule has 4 rings (SSSR count). The SMILES string of the molecule is CSNC1CCCN(C(=O)C2CC2c2c(F)cccc2-c2ccccc2)C1. The molecule has 3 unspecified atom stereocenters. The van der Waals surface area contributed by atoms with Crippen LogP contribution in [0.15, 0.2) is 48.5 Å². The fourth-order valence-corrected chi connectivity index (χ4v) is 4.77. The number of carbonyl (C=O) groups is 1. The summed E-state index contributed by atoms with van der Waals surface area (Å²) in [6.07, 6.45) is 4.89. The Morgan fingerprint density at radius 3 is 2.78 bits per heavy atom. The van der Waals surface area contributed by atoms with Crippen molar-refractivity contribution in [2.24, 2.45) is 5.92 Å². The van der Waals surface area contributed by atoms with E-state index in [4.69, 9.17) is 0 Å². The third-order valence-electron chi connectivity index (χ3n) is 5.63. The van der Waals surface area contributed by atoms with E-state index in [1.807, 2.05) is 47.6 Å². The van der Waals surface area contributed by atoms with E-state index in [9.17, 15) is 9.18 Å². The van der Waals surface area contributed by atoms with E-state index >= 15 is 0 Å². The van der Waals surface area contributed by atoms with Crippen LogP contribution >= 0.6 is 11.9 Å². The van der Waals surface area contributed by atoms with Gasteiger partial charge in [-0.1, -0.05) is 54.4 Å². The standard InChI is InChI=1S/C22H25FN2OS/c1-27-24-16-9-6-12-25(14-16)22(26)19-13-18(19)21-17(10-5-11-20(21)23)15-7-3-2-4-8-15/h2-5,7-8,10-11,16,18-19,24H,6,9,12-14H2,1H3. The molecule has 1 saturated carbocycles. The van der Waals surface area contributed by atoms with Crippen LogP contribution in [0.5, 0.6) is 0 Å². The van der Waals surface area contributed by atoms with Gasteiger partial charge in [-0.05, 0) is 54.2 Å². The Morgan fingerprint density at radius 1 is 1.19 bits per heavy atom. The molecule has 2 aliphatic rings. The lowest BCUT2D eigenvalue weighted by atomic mass is 9.95. The summed E-state index contributed by atoms with van der Waals surface area (Å²) in [5.74, 6) is -0.104. The van der Waals surface area contributed by atoms with Crippen molar-refractivity contribution in [2.75, 3.05) is 19.3 Å². The lowest BCUT2D eigenvalue weighted by molar-refractivity contribution is -0.133. The lowest BCUT2D eigenvalue weighted by Gasteiger charge is -2.33. The smallest absolute Gasteiger partial charge is 0.226 e. The molecule has 5 heteroatoms. The number of piperidine rings is 1. The average Bonchev–Trinajstić information content (AvgIpc) is 3.49. The predicted octanol–water partition coefficient (Wildman–Crippen LogP) is 4.45. The summed E-state index contributed by atoms with van der Waals surface area (Å²) >= 11 is 1.61. The first-order chi connectivity index (χ1) is 13.2. The van der Waals surface area contributed by atoms with Gasteiger partial charge >= 0.3 is 0 Å². The van der Waals surface area contributed by atoms with Crippen LogP contribution in [0.3, 0.4) is 0 Å². The summed E-state index contributed by atoms with van der Waals surface area (Å²) in [5, 5.41) is 0. The zero-order chi connectivity index (χ0) is 18.8. The van der Waals surface area contributed by atoms with E-state index in [2.05, 4.69) is 4.72 Å². The molecule has 3 nitrogen and oxygen atoms in total. The highest BCUT2D eigenvalue weighted by molar-refractivity contribution is 7.96. The van der Waals surface area contributed by atoms with Gasteiger partial charge in [0.05, 0.1) is 0 Å². The van der Waals surface area contributed by atoms with Gasteiger partial charge in [-0.3, -0.25) is 9.52 Å². The average molecular weight is 385 g/mol. The molecule has 1 saturated heterocycles. The summed E-state index contributed by atoms with van der Waals surface area (Å²) in [7, 11) is 0. The first kappa shape index (κ1) is 18.5. The first-order valence-electron chi connectivity index (χ1n) is 9.60. The largest absolute Gasteiger partial charge is 0.341 e. The molecule has 0 bridgehead atoms. The monoisotopic (exact) mass is 384 g/mol. The number of nitrogens with zero attached hydrogens (tertiary/aromatic N) is 1. The molecule has 1 aliphatic heterocycles. The van der Waals surface area contributed by atoms with Gasteiger partial charge in [0.1, 0.15) is 5.82 Å². The van der Waals surface area contributed by atoms with Crippen molar-refractivity contribution in [1.29, 1.82) is 0 Å². The Morgan fingerprint density at radius 2 is 2.00 bits per heavy atom. The molecule has 0 aromatic heterocycles. The molecule has 2 aromatic carbocycles. The highest BCUT2D eigenvalue weighted by atomic mass is 32.2. The zero-order valence-corrected chi connectivity index (χ0v) is 16.3. The van der Waals surface area contributed by atoms with Crippen molar-refractivity contribution in [3.05, 3.63) is 59.9 Å². The second kappa shape index (κ2) is 8.03. The number of nitrogens with one attached hydrogen (secondary N) is 1. The van der Waals surface area contributed by atoms with Crippen molar-refractivity contribution >= 4 is 17.9 Å². The predicted molar refractivity (Wildman–Crippen MR) is 109 cm³/mol. The van der Waals surface area contributed by atoms with E-state index in [-0.39, 0.29) is 23.6 Å². The van der Waals surface area contributed by atoms with Crippen molar-refractivity contribution in [2.45, 2.75) is 31.2 Å². The van der Waals surface area contributed by atoms with Gasteiger partial charge < -0.3 is 4.90 Å². The van der Waals surface area contributed by atoms with E-state index in [0.717, 1.165) is 43.5 Å². The Bertz CT molecular complexity index is 811. The van der Waals surface area contributed by atoms with E-state index in [0.29, 0.717) is 11.6 Å². The van der Waals surface area contributed by atoms with Gasteiger partial charge in [-0.25, -0.2) is 4.39 Å². The Hall–Kier alpha value is -1.85. The molecule has 3 atom stereocenters. The van der Waals surface area contributed by atoms with Crippen molar-refractivity contribution in [3.63, 3.8) is 0 Å². The fourth-order valence-electron chi connectivity index (χ4n) is 4.24. The number of rotatable bonds is 5.